The number of esters is 1. The van der Waals surface area contributed by atoms with Crippen molar-refractivity contribution in [1.82, 2.24) is 0 Å². The molecule has 1 aliphatic rings. The van der Waals surface area contributed by atoms with E-state index in [9.17, 15) is 9.59 Å². The molecule has 1 amide bonds. The zero-order chi connectivity index (χ0) is 18.2. The van der Waals surface area contributed by atoms with Crippen molar-refractivity contribution in [1.29, 1.82) is 0 Å². The maximum absolute atomic E-state index is 12.9. The third-order valence-corrected chi connectivity index (χ3v) is 3.86. The molecule has 7 heteroatoms. The van der Waals surface area contributed by atoms with Crippen molar-refractivity contribution >= 4 is 29.0 Å². The standard InChI is InChI=1S/C18H23N3O4/c1-13(19-10-7-11-24-2)17-15(12-16(22)25-3)20-21(18(17)23)14-8-5-4-6-9-14/h4-6,8-9,17H,7,10-12H2,1-3H3. The molecule has 1 aromatic rings. The molecular weight excluding hydrogens is 322 g/mol. The highest BCUT2D eigenvalue weighted by Gasteiger charge is 2.39. The number of hydrogen-bond acceptors (Lipinski definition) is 6. The van der Waals surface area contributed by atoms with Gasteiger partial charge in [0, 0.05) is 26.0 Å². The van der Waals surface area contributed by atoms with Crippen molar-refractivity contribution in [2.45, 2.75) is 19.8 Å². The van der Waals surface area contributed by atoms with Crippen LogP contribution in [0.25, 0.3) is 0 Å². The summed E-state index contributed by atoms with van der Waals surface area (Å²) in [6.45, 7) is 2.95. The Morgan fingerprint density at radius 2 is 2.00 bits per heavy atom. The first-order valence-corrected chi connectivity index (χ1v) is 8.11. The van der Waals surface area contributed by atoms with Crippen LogP contribution >= 0.6 is 0 Å². The summed E-state index contributed by atoms with van der Waals surface area (Å²) in [6.07, 6.45) is 0.724. The Morgan fingerprint density at radius 1 is 1.28 bits per heavy atom. The Hall–Kier alpha value is -2.54. The summed E-state index contributed by atoms with van der Waals surface area (Å²) in [5.74, 6) is -1.28. The van der Waals surface area contributed by atoms with Crippen molar-refractivity contribution in [3.63, 3.8) is 0 Å². The predicted octanol–water partition coefficient (Wildman–Crippen LogP) is 2.07. The number of carbonyl (C=O) groups is 2. The number of aliphatic imine (C=N–C) groups is 1. The van der Waals surface area contributed by atoms with E-state index in [0.29, 0.717) is 30.3 Å². The number of amides is 1. The van der Waals surface area contributed by atoms with Gasteiger partial charge in [-0.15, -0.1) is 0 Å². The Bertz CT molecular complexity index is 670. The summed E-state index contributed by atoms with van der Waals surface area (Å²) in [6, 6.07) is 9.12. The zero-order valence-electron chi connectivity index (χ0n) is 14.8. The number of hydrogen-bond donors (Lipinski definition) is 0. The van der Waals surface area contributed by atoms with Gasteiger partial charge in [-0.1, -0.05) is 18.2 Å². The highest BCUT2D eigenvalue weighted by molar-refractivity contribution is 6.30. The van der Waals surface area contributed by atoms with Gasteiger partial charge in [0.2, 0.25) is 0 Å². The van der Waals surface area contributed by atoms with E-state index < -0.39 is 11.9 Å². The summed E-state index contributed by atoms with van der Waals surface area (Å²) < 4.78 is 9.73. The van der Waals surface area contributed by atoms with Crippen LogP contribution in [-0.2, 0) is 19.1 Å². The number of carbonyl (C=O) groups excluding carboxylic acids is 2. The average molecular weight is 345 g/mol. The van der Waals surface area contributed by atoms with Gasteiger partial charge in [0.05, 0.1) is 24.9 Å². The number of benzene rings is 1. The highest BCUT2D eigenvalue weighted by Crippen LogP contribution is 2.26. The molecule has 0 saturated heterocycles. The van der Waals surface area contributed by atoms with E-state index in [2.05, 4.69) is 10.1 Å². The maximum Gasteiger partial charge on any atom is 0.311 e. The molecule has 0 bridgehead atoms. The minimum absolute atomic E-state index is 0.0405. The Kier molecular flexibility index (Phi) is 6.82. The first kappa shape index (κ1) is 18.8. The third-order valence-electron chi connectivity index (χ3n) is 3.86. The van der Waals surface area contributed by atoms with Crippen LogP contribution < -0.4 is 5.01 Å². The first-order chi connectivity index (χ1) is 12.1. The van der Waals surface area contributed by atoms with Crippen molar-refractivity contribution in [2.24, 2.45) is 16.0 Å². The number of para-hydroxylation sites is 1. The second-order valence-electron chi connectivity index (χ2n) is 5.63. The van der Waals surface area contributed by atoms with Gasteiger partial charge in [-0.2, -0.15) is 10.1 Å². The summed E-state index contributed by atoms with van der Waals surface area (Å²) in [5, 5.41) is 5.70. The van der Waals surface area contributed by atoms with Crippen LogP contribution in [-0.4, -0.2) is 50.7 Å². The molecule has 0 saturated carbocycles. The minimum Gasteiger partial charge on any atom is -0.469 e. The fraction of sp³-hybridized carbons (Fsp3) is 0.444. The van der Waals surface area contributed by atoms with Gasteiger partial charge in [0.25, 0.3) is 5.91 Å². The molecule has 1 heterocycles. The lowest BCUT2D eigenvalue weighted by Gasteiger charge is -2.14. The Labute approximate surface area is 147 Å². The summed E-state index contributed by atoms with van der Waals surface area (Å²) >= 11 is 0. The lowest BCUT2D eigenvalue weighted by Crippen LogP contribution is -2.33. The summed E-state index contributed by atoms with van der Waals surface area (Å²) in [5.41, 5.74) is 1.75. The molecule has 1 unspecified atom stereocenters. The molecule has 1 aromatic carbocycles. The quantitative estimate of drug-likeness (QED) is 0.410. The highest BCUT2D eigenvalue weighted by atomic mass is 16.5. The van der Waals surface area contributed by atoms with Crippen LogP contribution in [0, 0.1) is 5.92 Å². The zero-order valence-corrected chi connectivity index (χ0v) is 14.8. The fourth-order valence-corrected chi connectivity index (χ4v) is 2.59. The lowest BCUT2D eigenvalue weighted by molar-refractivity contribution is -0.139. The third kappa shape index (κ3) is 4.73. The number of ether oxygens (including phenoxy) is 2. The molecule has 2 rings (SSSR count). The van der Waals surface area contributed by atoms with Gasteiger partial charge in [-0.25, -0.2) is 0 Å². The molecule has 0 fully saturated rings. The number of rotatable bonds is 8. The number of methoxy groups -OCH3 is 2. The van der Waals surface area contributed by atoms with Crippen LogP contribution in [0.15, 0.2) is 40.4 Å². The van der Waals surface area contributed by atoms with E-state index in [4.69, 9.17) is 9.47 Å². The van der Waals surface area contributed by atoms with Gasteiger partial charge >= 0.3 is 5.97 Å². The normalized spacial score (nSPS) is 17.6. The molecular formula is C18H23N3O4. The molecule has 7 nitrogen and oxygen atoms in total. The van der Waals surface area contributed by atoms with E-state index in [1.165, 1.54) is 12.1 Å². The molecule has 0 aromatic heterocycles. The van der Waals surface area contributed by atoms with E-state index >= 15 is 0 Å². The lowest BCUT2D eigenvalue weighted by atomic mass is 9.96. The molecule has 0 spiro atoms. The van der Waals surface area contributed by atoms with Crippen LogP contribution in [0.3, 0.4) is 0 Å². The van der Waals surface area contributed by atoms with E-state index in [1.54, 1.807) is 26.2 Å². The number of anilines is 1. The molecule has 0 radical (unpaired) electrons. The van der Waals surface area contributed by atoms with E-state index in [1.807, 2.05) is 18.2 Å². The molecule has 0 N–H and O–H groups in total. The van der Waals surface area contributed by atoms with Crippen molar-refractivity contribution in [2.75, 3.05) is 32.4 Å². The Balaban J connectivity index is 2.24. The van der Waals surface area contributed by atoms with Crippen molar-refractivity contribution in [3.8, 4) is 0 Å². The van der Waals surface area contributed by atoms with Crippen LogP contribution in [0.4, 0.5) is 5.69 Å². The smallest absolute Gasteiger partial charge is 0.311 e. The number of nitrogens with zero attached hydrogens (tertiary/aromatic N) is 3. The van der Waals surface area contributed by atoms with Gasteiger partial charge in [-0.05, 0) is 25.5 Å². The largest absolute Gasteiger partial charge is 0.469 e. The minimum atomic E-state index is -0.637. The number of hydrazone groups is 1. The van der Waals surface area contributed by atoms with Crippen LogP contribution in [0.2, 0.25) is 0 Å². The SMILES string of the molecule is COCCCN=C(C)C1C(=O)N(c2ccccc2)N=C1CC(=O)OC. The predicted molar refractivity (Wildman–Crippen MR) is 96.0 cm³/mol. The topological polar surface area (TPSA) is 80.6 Å². The fourth-order valence-electron chi connectivity index (χ4n) is 2.59. The van der Waals surface area contributed by atoms with E-state index in [-0.39, 0.29) is 12.3 Å². The molecule has 0 aliphatic carbocycles. The average Bonchev–Trinajstić information content (AvgIpc) is 2.95. The molecule has 134 valence electrons. The second-order valence-corrected chi connectivity index (χ2v) is 5.63. The van der Waals surface area contributed by atoms with Gasteiger partial charge < -0.3 is 9.47 Å². The van der Waals surface area contributed by atoms with Gasteiger partial charge in [0.1, 0.15) is 5.92 Å². The second kappa shape index (κ2) is 9.08. The van der Waals surface area contributed by atoms with E-state index in [0.717, 1.165) is 6.42 Å². The molecule has 25 heavy (non-hydrogen) atoms. The molecule has 1 atom stereocenters. The van der Waals surface area contributed by atoms with Gasteiger partial charge in [0.15, 0.2) is 0 Å². The summed E-state index contributed by atoms with van der Waals surface area (Å²) in [4.78, 5) is 29.0. The monoisotopic (exact) mass is 345 g/mol. The van der Waals surface area contributed by atoms with Crippen molar-refractivity contribution < 1.29 is 19.1 Å². The Morgan fingerprint density at radius 3 is 2.64 bits per heavy atom. The van der Waals surface area contributed by atoms with Crippen LogP contribution in [0.5, 0.6) is 0 Å². The summed E-state index contributed by atoms with van der Waals surface area (Å²) in [7, 11) is 2.95. The maximum atomic E-state index is 12.9. The van der Waals surface area contributed by atoms with Gasteiger partial charge in [-0.3, -0.25) is 14.6 Å². The van der Waals surface area contributed by atoms with Crippen LogP contribution in [0.1, 0.15) is 19.8 Å². The van der Waals surface area contributed by atoms with Crippen molar-refractivity contribution in [3.05, 3.63) is 30.3 Å². The molecule has 1 aliphatic heterocycles. The first-order valence-electron chi connectivity index (χ1n) is 8.11.